The van der Waals surface area contributed by atoms with Crippen LogP contribution in [0.4, 0.5) is 11.4 Å². The van der Waals surface area contributed by atoms with Crippen molar-refractivity contribution in [1.82, 2.24) is 0 Å². The molecule has 176 valence electrons. The van der Waals surface area contributed by atoms with E-state index in [1.165, 1.54) is 34.6 Å². The minimum absolute atomic E-state index is 0.0204. The van der Waals surface area contributed by atoms with Gasteiger partial charge in [-0.15, -0.1) is 6.58 Å². The van der Waals surface area contributed by atoms with Crippen LogP contribution in [0.15, 0.2) is 90.3 Å². The van der Waals surface area contributed by atoms with Gasteiger partial charge in [-0.25, -0.2) is 13.2 Å². The van der Waals surface area contributed by atoms with Crippen LogP contribution < -0.4 is 9.62 Å². The Balaban J connectivity index is 1.73. The molecule has 0 bridgehead atoms. The number of carbonyl (C=O) groups is 2. The Morgan fingerprint density at radius 1 is 1.00 bits per heavy atom. The van der Waals surface area contributed by atoms with Gasteiger partial charge in [-0.1, -0.05) is 48.0 Å². The molecule has 0 radical (unpaired) electrons. The quantitative estimate of drug-likeness (QED) is 0.362. The van der Waals surface area contributed by atoms with Crippen LogP contribution in [-0.2, 0) is 19.6 Å². The zero-order valence-corrected chi connectivity index (χ0v) is 19.8. The van der Waals surface area contributed by atoms with Gasteiger partial charge >= 0.3 is 5.97 Å². The van der Waals surface area contributed by atoms with Crippen LogP contribution in [0, 0.1) is 13.8 Å². The molecule has 34 heavy (non-hydrogen) atoms. The average Bonchev–Trinajstić information content (AvgIpc) is 2.83. The van der Waals surface area contributed by atoms with Gasteiger partial charge in [0.05, 0.1) is 22.7 Å². The van der Waals surface area contributed by atoms with Gasteiger partial charge < -0.3 is 10.1 Å². The van der Waals surface area contributed by atoms with Crippen molar-refractivity contribution < 1.29 is 22.7 Å². The molecule has 3 aromatic carbocycles. The molecule has 0 aliphatic rings. The predicted octanol–water partition coefficient (Wildman–Crippen LogP) is 4.48. The smallest absolute Gasteiger partial charge is 0.338 e. The van der Waals surface area contributed by atoms with Gasteiger partial charge in [-0.05, 0) is 55.8 Å². The molecule has 0 fully saturated rings. The number of anilines is 2. The summed E-state index contributed by atoms with van der Waals surface area (Å²) >= 11 is 0. The highest BCUT2D eigenvalue weighted by atomic mass is 32.2. The standard InChI is InChI=1S/C26H26N2O5S/c1-4-15-28(22-10-6-5-7-11-22)34(31,32)23-12-8-9-21(17-23)26(30)33-18-25(29)27-24-14-13-19(2)16-20(24)3/h4-14,16-17H,1,15,18H2,2-3H3,(H,27,29). The summed E-state index contributed by atoms with van der Waals surface area (Å²) in [6.45, 7) is 7.01. The Hall–Kier alpha value is -3.91. The van der Waals surface area contributed by atoms with Crippen molar-refractivity contribution in [1.29, 1.82) is 0 Å². The highest BCUT2D eigenvalue weighted by Crippen LogP contribution is 2.24. The number of hydrogen-bond donors (Lipinski definition) is 1. The van der Waals surface area contributed by atoms with Crippen molar-refractivity contribution >= 4 is 33.3 Å². The third kappa shape index (κ3) is 5.90. The van der Waals surface area contributed by atoms with Gasteiger partial charge in [0.2, 0.25) is 0 Å². The number of nitrogens with one attached hydrogen (secondary N) is 1. The molecular formula is C26H26N2O5S. The number of nitrogens with zero attached hydrogens (tertiary/aromatic N) is 1. The van der Waals surface area contributed by atoms with E-state index in [0.29, 0.717) is 11.4 Å². The first kappa shape index (κ1) is 24.7. The number of hydrogen-bond acceptors (Lipinski definition) is 5. The lowest BCUT2D eigenvalue weighted by Gasteiger charge is -2.23. The fourth-order valence-electron chi connectivity index (χ4n) is 3.32. The minimum atomic E-state index is -3.98. The molecule has 3 rings (SSSR count). The number of sulfonamides is 1. The van der Waals surface area contributed by atoms with Crippen molar-refractivity contribution in [3.05, 3.63) is 102 Å². The number of esters is 1. The van der Waals surface area contributed by atoms with Crippen molar-refractivity contribution in [3.63, 3.8) is 0 Å². The highest BCUT2D eigenvalue weighted by molar-refractivity contribution is 7.92. The molecule has 0 spiro atoms. The molecule has 8 heteroatoms. The monoisotopic (exact) mass is 478 g/mol. The van der Waals surface area contributed by atoms with Gasteiger partial charge in [0.15, 0.2) is 6.61 Å². The number of carbonyl (C=O) groups excluding carboxylic acids is 2. The fourth-order valence-corrected chi connectivity index (χ4v) is 4.80. The highest BCUT2D eigenvalue weighted by Gasteiger charge is 2.25. The molecule has 7 nitrogen and oxygen atoms in total. The van der Waals surface area contributed by atoms with Crippen molar-refractivity contribution in [3.8, 4) is 0 Å². The van der Waals surface area contributed by atoms with Gasteiger partial charge in [0, 0.05) is 5.69 Å². The summed E-state index contributed by atoms with van der Waals surface area (Å²) in [6.07, 6.45) is 1.48. The number of amides is 1. The lowest BCUT2D eigenvalue weighted by molar-refractivity contribution is -0.119. The van der Waals surface area contributed by atoms with Crippen LogP contribution in [0.1, 0.15) is 21.5 Å². The number of benzene rings is 3. The van der Waals surface area contributed by atoms with Crippen molar-refractivity contribution in [2.45, 2.75) is 18.7 Å². The lowest BCUT2D eigenvalue weighted by atomic mass is 10.1. The number of aryl methyl sites for hydroxylation is 2. The van der Waals surface area contributed by atoms with E-state index in [9.17, 15) is 18.0 Å². The van der Waals surface area contributed by atoms with E-state index in [0.717, 1.165) is 11.1 Å². The number of para-hydroxylation sites is 1. The second-order valence-corrected chi connectivity index (χ2v) is 9.49. The fraction of sp³-hybridized carbons (Fsp3) is 0.154. The summed E-state index contributed by atoms with van der Waals surface area (Å²) in [6, 6.07) is 19.7. The van der Waals surface area contributed by atoms with Crippen LogP contribution in [0.25, 0.3) is 0 Å². The molecule has 1 N–H and O–H groups in total. The molecule has 0 heterocycles. The maximum absolute atomic E-state index is 13.3. The topological polar surface area (TPSA) is 92.8 Å². The lowest BCUT2D eigenvalue weighted by Crippen LogP contribution is -2.31. The van der Waals surface area contributed by atoms with E-state index >= 15 is 0 Å². The Kier molecular flexibility index (Phi) is 7.86. The Morgan fingerprint density at radius 3 is 2.41 bits per heavy atom. The summed E-state index contributed by atoms with van der Waals surface area (Å²) in [5.74, 6) is -1.30. The van der Waals surface area contributed by atoms with Crippen LogP contribution >= 0.6 is 0 Å². The molecule has 0 unspecified atom stereocenters. The van der Waals surface area contributed by atoms with Crippen LogP contribution in [-0.4, -0.2) is 33.4 Å². The summed E-state index contributed by atoms with van der Waals surface area (Å²) < 4.78 is 32.9. The van der Waals surface area contributed by atoms with Gasteiger partial charge in [0.25, 0.3) is 15.9 Å². The van der Waals surface area contributed by atoms with Crippen LogP contribution in [0.2, 0.25) is 0 Å². The molecular weight excluding hydrogens is 452 g/mol. The summed E-state index contributed by atoms with van der Waals surface area (Å²) in [5, 5.41) is 2.70. The van der Waals surface area contributed by atoms with E-state index in [-0.39, 0.29) is 17.0 Å². The Bertz CT molecular complexity index is 1300. The van der Waals surface area contributed by atoms with Crippen LogP contribution in [0.3, 0.4) is 0 Å². The zero-order chi connectivity index (χ0) is 24.7. The first-order valence-electron chi connectivity index (χ1n) is 10.6. The van der Waals surface area contributed by atoms with Crippen molar-refractivity contribution in [2.24, 2.45) is 0 Å². The van der Waals surface area contributed by atoms with Crippen molar-refractivity contribution in [2.75, 3.05) is 22.8 Å². The number of rotatable bonds is 9. The van der Waals surface area contributed by atoms with Crippen LogP contribution in [0.5, 0.6) is 0 Å². The summed E-state index contributed by atoms with van der Waals surface area (Å²) in [5.41, 5.74) is 3.07. The van der Waals surface area contributed by atoms with E-state index < -0.39 is 28.5 Å². The maximum atomic E-state index is 13.3. The second-order valence-electron chi connectivity index (χ2n) is 7.63. The zero-order valence-electron chi connectivity index (χ0n) is 19.0. The van der Waals surface area contributed by atoms with Gasteiger partial charge in [-0.2, -0.15) is 0 Å². The molecule has 1 amide bonds. The Labute approximate surface area is 199 Å². The second kappa shape index (κ2) is 10.8. The molecule has 0 saturated carbocycles. The first-order chi connectivity index (χ1) is 16.2. The summed E-state index contributed by atoms with van der Waals surface area (Å²) in [7, 11) is -3.98. The third-order valence-electron chi connectivity index (χ3n) is 4.99. The van der Waals surface area contributed by atoms with Gasteiger partial charge in [0.1, 0.15) is 0 Å². The van der Waals surface area contributed by atoms with Gasteiger partial charge in [-0.3, -0.25) is 9.10 Å². The maximum Gasteiger partial charge on any atom is 0.338 e. The van der Waals surface area contributed by atoms with E-state index in [1.54, 1.807) is 36.4 Å². The molecule has 0 atom stereocenters. The molecule has 0 aliphatic heterocycles. The normalized spacial score (nSPS) is 10.9. The predicted molar refractivity (Wildman–Crippen MR) is 132 cm³/mol. The third-order valence-corrected chi connectivity index (χ3v) is 6.78. The summed E-state index contributed by atoms with van der Waals surface area (Å²) in [4.78, 5) is 24.7. The average molecular weight is 479 g/mol. The SMILES string of the molecule is C=CCN(c1ccccc1)S(=O)(=O)c1cccc(C(=O)OCC(=O)Nc2ccc(C)cc2C)c1. The molecule has 0 aromatic heterocycles. The van der Waals surface area contributed by atoms with E-state index in [2.05, 4.69) is 11.9 Å². The Morgan fingerprint density at radius 2 is 1.74 bits per heavy atom. The molecule has 0 saturated heterocycles. The molecule has 3 aromatic rings. The number of ether oxygens (including phenoxy) is 1. The molecule has 0 aliphatic carbocycles. The first-order valence-corrected chi connectivity index (χ1v) is 12.0. The largest absolute Gasteiger partial charge is 0.452 e. The minimum Gasteiger partial charge on any atom is -0.452 e. The van der Waals surface area contributed by atoms with E-state index in [4.69, 9.17) is 4.74 Å². The van der Waals surface area contributed by atoms with E-state index in [1.807, 2.05) is 26.0 Å².